The summed E-state index contributed by atoms with van der Waals surface area (Å²) in [7, 11) is 1.40. The highest BCUT2D eigenvalue weighted by Crippen LogP contribution is 2.30. The van der Waals surface area contributed by atoms with Gasteiger partial charge in [0.05, 0.1) is 33.9 Å². The summed E-state index contributed by atoms with van der Waals surface area (Å²) in [6.07, 6.45) is 0. The van der Waals surface area contributed by atoms with Gasteiger partial charge < -0.3 is 19.5 Å². The third kappa shape index (κ3) is 5.19. The fourth-order valence-electron chi connectivity index (χ4n) is 2.80. The molecule has 1 N–H and O–H groups in total. The van der Waals surface area contributed by atoms with E-state index in [4.69, 9.17) is 14.2 Å². The first-order valence-corrected chi connectivity index (χ1v) is 10.4. The van der Waals surface area contributed by atoms with Crippen molar-refractivity contribution >= 4 is 15.9 Å². The Bertz CT molecular complexity index is 1010. The van der Waals surface area contributed by atoms with Crippen LogP contribution in [-0.2, 0) is 14.8 Å². The van der Waals surface area contributed by atoms with Crippen molar-refractivity contribution in [2.75, 3.05) is 34.9 Å². The maximum atomic E-state index is 13.6. The van der Waals surface area contributed by atoms with Crippen molar-refractivity contribution in [3.05, 3.63) is 47.8 Å². The van der Waals surface area contributed by atoms with Gasteiger partial charge in [0.25, 0.3) is 0 Å². The molecule has 0 heterocycles. The van der Waals surface area contributed by atoms with E-state index in [2.05, 4.69) is 5.32 Å². The fourth-order valence-corrected chi connectivity index (χ4v) is 4.09. The molecule has 0 aromatic heterocycles. The molecule has 2 aromatic carbocycles. The number of likely N-dealkylation sites (N-methyl/N-ethyl adjacent to an activating group) is 1. The van der Waals surface area contributed by atoms with Crippen molar-refractivity contribution in [2.24, 2.45) is 0 Å². The third-order valence-corrected chi connectivity index (χ3v) is 6.29. The molecule has 0 radical (unpaired) electrons. The van der Waals surface area contributed by atoms with Crippen LogP contribution in [0.15, 0.2) is 41.3 Å². The van der Waals surface area contributed by atoms with E-state index in [-0.39, 0.29) is 10.6 Å². The minimum Gasteiger partial charge on any atom is -0.495 e. The van der Waals surface area contributed by atoms with Crippen molar-refractivity contribution in [1.29, 1.82) is 0 Å². The monoisotopic (exact) mass is 440 g/mol. The van der Waals surface area contributed by atoms with Gasteiger partial charge in [-0.05, 0) is 42.8 Å². The van der Waals surface area contributed by atoms with Crippen molar-refractivity contribution in [2.45, 2.75) is 17.9 Å². The smallest absolute Gasteiger partial charge is 0.247 e. The van der Waals surface area contributed by atoms with Crippen LogP contribution in [0.3, 0.4) is 0 Å². The molecule has 0 spiro atoms. The molecule has 2 aromatic rings. The number of benzene rings is 2. The van der Waals surface area contributed by atoms with Crippen LogP contribution in [0.5, 0.6) is 17.2 Å². The summed E-state index contributed by atoms with van der Waals surface area (Å²) in [5.41, 5.74) is 0.748. The molecule has 0 aliphatic rings. The van der Waals surface area contributed by atoms with Gasteiger partial charge in [0.1, 0.15) is 16.5 Å². The van der Waals surface area contributed by atoms with E-state index >= 15 is 0 Å². The number of nitrogens with one attached hydrogen (secondary N) is 1. The number of carbonyl (C=O) groups excluding carboxylic acids is 1. The van der Waals surface area contributed by atoms with E-state index in [1.54, 1.807) is 25.1 Å². The number of amides is 1. The number of sulfonamides is 1. The van der Waals surface area contributed by atoms with Crippen molar-refractivity contribution in [3.8, 4) is 17.2 Å². The van der Waals surface area contributed by atoms with E-state index in [1.807, 2.05) is 0 Å². The number of carbonyl (C=O) groups is 1. The lowest BCUT2D eigenvalue weighted by molar-refractivity contribution is -0.121. The van der Waals surface area contributed by atoms with Crippen LogP contribution in [0.4, 0.5) is 4.39 Å². The molecule has 0 saturated carbocycles. The molecule has 0 fully saturated rings. The Labute approximate surface area is 175 Å². The van der Waals surface area contributed by atoms with Crippen LogP contribution in [-0.4, -0.2) is 53.6 Å². The third-order valence-electron chi connectivity index (χ3n) is 4.47. The molecular weight excluding hydrogens is 415 g/mol. The summed E-state index contributed by atoms with van der Waals surface area (Å²) in [5, 5.41) is 2.73. The SMILES string of the molecule is COc1ccc(C(C)NC(=O)CN(C)S(=O)(=O)c2cc(F)ccc2OC)cc1OC. The average Bonchev–Trinajstić information content (AvgIpc) is 2.72. The van der Waals surface area contributed by atoms with Crippen molar-refractivity contribution < 1.29 is 31.8 Å². The summed E-state index contributed by atoms with van der Waals surface area (Å²) in [5.74, 6) is -0.209. The van der Waals surface area contributed by atoms with Crippen LogP contribution in [0.2, 0.25) is 0 Å². The quantitative estimate of drug-likeness (QED) is 0.643. The molecule has 8 nitrogen and oxygen atoms in total. The Morgan fingerprint density at radius 3 is 2.23 bits per heavy atom. The van der Waals surface area contributed by atoms with E-state index in [0.717, 1.165) is 22.0 Å². The molecule has 1 unspecified atom stereocenters. The second kappa shape index (κ2) is 9.77. The van der Waals surface area contributed by atoms with Gasteiger partial charge in [-0.2, -0.15) is 4.31 Å². The Balaban J connectivity index is 2.13. The molecule has 1 amide bonds. The van der Waals surface area contributed by atoms with Crippen LogP contribution >= 0.6 is 0 Å². The van der Waals surface area contributed by atoms with Gasteiger partial charge in [0.15, 0.2) is 11.5 Å². The summed E-state index contributed by atoms with van der Waals surface area (Å²) < 4.78 is 55.4. The topological polar surface area (TPSA) is 94.2 Å². The maximum Gasteiger partial charge on any atom is 0.247 e. The van der Waals surface area contributed by atoms with Gasteiger partial charge in [-0.25, -0.2) is 12.8 Å². The zero-order valence-electron chi connectivity index (χ0n) is 17.4. The molecule has 30 heavy (non-hydrogen) atoms. The normalized spacial score (nSPS) is 12.4. The molecule has 0 saturated heterocycles. The Morgan fingerprint density at radius 1 is 1.03 bits per heavy atom. The first-order valence-electron chi connectivity index (χ1n) is 8.95. The number of nitrogens with zero attached hydrogens (tertiary/aromatic N) is 1. The molecule has 0 aliphatic heterocycles. The van der Waals surface area contributed by atoms with E-state index in [0.29, 0.717) is 11.5 Å². The second-order valence-electron chi connectivity index (χ2n) is 6.46. The average molecular weight is 440 g/mol. The molecule has 2 rings (SSSR count). The largest absolute Gasteiger partial charge is 0.495 e. The number of rotatable bonds is 9. The fraction of sp³-hybridized carbons (Fsp3) is 0.350. The summed E-state index contributed by atoms with van der Waals surface area (Å²) >= 11 is 0. The second-order valence-corrected chi connectivity index (χ2v) is 8.47. The zero-order valence-corrected chi connectivity index (χ0v) is 18.2. The number of ether oxygens (including phenoxy) is 3. The first-order chi connectivity index (χ1) is 14.1. The van der Waals surface area contributed by atoms with Gasteiger partial charge >= 0.3 is 0 Å². The Kier molecular flexibility index (Phi) is 7.63. The number of halogens is 1. The standard InChI is InChI=1S/C20H25FN2O6S/c1-13(14-6-8-16(27-3)18(10-14)29-5)22-20(24)12-23(2)30(25,26)19-11-15(21)7-9-17(19)28-4/h6-11,13H,12H2,1-5H3,(H,22,24). The van der Waals surface area contributed by atoms with Crippen LogP contribution in [0.25, 0.3) is 0 Å². The molecule has 1 atom stereocenters. The van der Waals surface area contributed by atoms with Gasteiger partial charge in [-0.1, -0.05) is 6.07 Å². The van der Waals surface area contributed by atoms with E-state index in [9.17, 15) is 17.6 Å². The highest BCUT2D eigenvalue weighted by Gasteiger charge is 2.27. The molecule has 0 bridgehead atoms. The highest BCUT2D eigenvalue weighted by molar-refractivity contribution is 7.89. The lowest BCUT2D eigenvalue weighted by Crippen LogP contribution is -2.39. The summed E-state index contributed by atoms with van der Waals surface area (Å²) in [6.45, 7) is 1.29. The van der Waals surface area contributed by atoms with Crippen molar-refractivity contribution in [1.82, 2.24) is 9.62 Å². The zero-order chi connectivity index (χ0) is 22.5. The predicted octanol–water partition coefficient (Wildman–Crippen LogP) is 2.35. The van der Waals surface area contributed by atoms with Crippen LogP contribution in [0, 0.1) is 5.82 Å². The van der Waals surface area contributed by atoms with Gasteiger partial charge in [0, 0.05) is 7.05 Å². The predicted molar refractivity (Wildman–Crippen MR) is 109 cm³/mol. The number of hydrogen-bond acceptors (Lipinski definition) is 6. The first kappa shape index (κ1) is 23.4. The van der Waals surface area contributed by atoms with Gasteiger partial charge in [-0.15, -0.1) is 0 Å². The molecular formula is C20H25FN2O6S. The number of hydrogen-bond donors (Lipinski definition) is 1. The highest BCUT2D eigenvalue weighted by atomic mass is 32.2. The minimum atomic E-state index is -4.15. The van der Waals surface area contributed by atoms with Gasteiger partial charge in [-0.3, -0.25) is 4.79 Å². The number of methoxy groups -OCH3 is 3. The van der Waals surface area contributed by atoms with Crippen LogP contribution < -0.4 is 19.5 Å². The lowest BCUT2D eigenvalue weighted by atomic mass is 10.1. The maximum absolute atomic E-state index is 13.6. The minimum absolute atomic E-state index is 0.0117. The summed E-state index contributed by atoms with van der Waals surface area (Å²) in [6, 6.07) is 7.95. The van der Waals surface area contributed by atoms with E-state index < -0.39 is 34.3 Å². The van der Waals surface area contributed by atoms with Gasteiger partial charge in [0.2, 0.25) is 15.9 Å². The lowest BCUT2D eigenvalue weighted by Gasteiger charge is -2.21. The Morgan fingerprint density at radius 2 is 1.63 bits per heavy atom. The Hall–Kier alpha value is -2.85. The molecule has 164 valence electrons. The molecule has 0 aliphatic carbocycles. The van der Waals surface area contributed by atoms with Crippen molar-refractivity contribution in [3.63, 3.8) is 0 Å². The van der Waals surface area contributed by atoms with Crippen LogP contribution in [0.1, 0.15) is 18.5 Å². The summed E-state index contributed by atoms with van der Waals surface area (Å²) in [4.78, 5) is 12.1. The van der Waals surface area contributed by atoms with E-state index in [1.165, 1.54) is 34.4 Å². The molecule has 10 heteroatoms.